The van der Waals surface area contributed by atoms with Gasteiger partial charge < -0.3 is 10.6 Å². The van der Waals surface area contributed by atoms with Gasteiger partial charge in [0.05, 0.1) is 16.8 Å². The van der Waals surface area contributed by atoms with Gasteiger partial charge >= 0.3 is 0 Å². The van der Waals surface area contributed by atoms with Crippen molar-refractivity contribution in [3.63, 3.8) is 0 Å². The van der Waals surface area contributed by atoms with Crippen LogP contribution in [-0.2, 0) is 6.54 Å². The first kappa shape index (κ1) is 23.0. The molecule has 1 aliphatic heterocycles. The predicted molar refractivity (Wildman–Crippen MR) is 143 cm³/mol. The van der Waals surface area contributed by atoms with Crippen molar-refractivity contribution in [1.29, 1.82) is 0 Å². The molecule has 0 unspecified atom stereocenters. The van der Waals surface area contributed by atoms with Crippen molar-refractivity contribution in [2.45, 2.75) is 38.6 Å². The van der Waals surface area contributed by atoms with Crippen LogP contribution in [0, 0.1) is 0 Å². The van der Waals surface area contributed by atoms with E-state index in [9.17, 15) is 4.79 Å². The van der Waals surface area contributed by atoms with Gasteiger partial charge in [-0.05, 0) is 61.7 Å². The quantitative estimate of drug-likeness (QED) is 0.336. The summed E-state index contributed by atoms with van der Waals surface area (Å²) < 4.78 is 1.63. The first-order valence-corrected chi connectivity index (χ1v) is 12.4. The largest absolute Gasteiger partial charge is 0.348 e. The highest BCUT2D eigenvalue weighted by atomic mass is 16.1. The molecule has 6 nitrogen and oxygen atoms in total. The number of nitrogens with zero attached hydrogens (tertiary/aromatic N) is 4. The molecule has 0 saturated heterocycles. The summed E-state index contributed by atoms with van der Waals surface area (Å²) in [5.74, 6) is 0. The van der Waals surface area contributed by atoms with E-state index < -0.39 is 0 Å². The Bertz CT molecular complexity index is 1390. The van der Waals surface area contributed by atoms with E-state index >= 15 is 0 Å². The lowest BCUT2D eigenvalue weighted by Crippen LogP contribution is -2.25. The molecule has 0 radical (unpaired) electrons. The Kier molecular flexibility index (Phi) is 7.00. The smallest absolute Gasteiger partial charge is 0.274 e. The molecule has 2 aromatic carbocycles. The third-order valence-electron chi connectivity index (χ3n) is 6.53. The molecule has 0 atom stereocenters. The fourth-order valence-corrected chi connectivity index (χ4v) is 4.56. The van der Waals surface area contributed by atoms with Gasteiger partial charge in [-0.25, -0.2) is 4.68 Å². The number of aryl methyl sites for hydroxylation is 1. The molecule has 0 fully saturated rings. The zero-order valence-corrected chi connectivity index (χ0v) is 19.9. The Hall–Kier alpha value is -3.77. The van der Waals surface area contributed by atoms with Crippen LogP contribution < -0.4 is 16.2 Å². The first-order valence-electron chi connectivity index (χ1n) is 12.4. The van der Waals surface area contributed by atoms with E-state index in [0.29, 0.717) is 18.7 Å². The summed E-state index contributed by atoms with van der Waals surface area (Å²) >= 11 is 0. The molecular formula is C29H31N5O. The number of pyridine rings is 1. The maximum absolute atomic E-state index is 13.5. The molecule has 2 N–H and O–H groups in total. The van der Waals surface area contributed by atoms with Gasteiger partial charge in [0.25, 0.3) is 5.56 Å². The zero-order chi connectivity index (χ0) is 24.0. The minimum atomic E-state index is -0.0679. The maximum atomic E-state index is 13.5. The molecule has 0 bridgehead atoms. The molecular weight excluding hydrogens is 434 g/mol. The summed E-state index contributed by atoms with van der Waals surface area (Å²) in [6.45, 7) is 2.30. The third kappa shape index (κ3) is 5.17. The highest BCUT2D eigenvalue weighted by molar-refractivity contribution is 5.84. The predicted octanol–water partition coefficient (Wildman–Crippen LogP) is 5.37. The normalized spacial score (nSPS) is 13.1. The van der Waals surface area contributed by atoms with Crippen molar-refractivity contribution >= 4 is 16.6 Å². The summed E-state index contributed by atoms with van der Waals surface area (Å²) in [7, 11) is 0. The number of anilines is 1. The van der Waals surface area contributed by atoms with Crippen molar-refractivity contribution in [3.05, 3.63) is 89.5 Å². The standard InChI is InChI=1S/C29H31N5O/c30-15-3-1-2-4-19-34-29(35)26(24-10-9-22-8-7-16-31-27(22)20-24)21-28(32-34)23-11-13-25(14-12-23)33-17-5-6-18-33/h5,7-14,16-17,20-21H,1-4,6,15,18-19,30H2. The van der Waals surface area contributed by atoms with Crippen molar-refractivity contribution in [1.82, 2.24) is 14.8 Å². The Morgan fingerprint density at radius 1 is 0.914 bits per heavy atom. The van der Waals surface area contributed by atoms with Crippen LogP contribution in [0.1, 0.15) is 32.1 Å². The second-order valence-corrected chi connectivity index (χ2v) is 9.00. The van der Waals surface area contributed by atoms with Crippen LogP contribution >= 0.6 is 0 Å². The van der Waals surface area contributed by atoms with E-state index in [4.69, 9.17) is 10.8 Å². The topological polar surface area (TPSA) is 77.0 Å². The van der Waals surface area contributed by atoms with Gasteiger partial charge in [0.1, 0.15) is 0 Å². The van der Waals surface area contributed by atoms with Gasteiger partial charge in [-0.2, -0.15) is 5.10 Å². The van der Waals surface area contributed by atoms with Crippen molar-refractivity contribution in [3.8, 4) is 22.4 Å². The lowest BCUT2D eigenvalue weighted by molar-refractivity contribution is 0.519. The maximum Gasteiger partial charge on any atom is 0.274 e. The zero-order valence-electron chi connectivity index (χ0n) is 19.9. The highest BCUT2D eigenvalue weighted by Gasteiger charge is 2.14. The molecule has 1 aliphatic rings. The summed E-state index contributed by atoms with van der Waals surface area (Å²) in [6, 6.07) is 20.3. The second kappa shape index (κ2) is 10.7. The monoisotopic (exact) mass is 465 g/mol. The summed E-state index contributed by atoms with van der Waals surface area (Å²) in [5.41, 5.74) is 10.9. The van der Waals surface area contributed by atoms with E-state index in [1.165, 1.54) is 0 Å². The number of benzene rings is 2. The summed E-state index contributed by atoms with van der Waals surface area (Å²) in [5, 5.41) is 5.83. The molecule has 178 valence electrons. The SMILES string of the molecule is NCCCCCCn1nc(-c2ccc(N3C=CCC3)cc2)cc(-c2ccc3cccnc3c2)c1=O. The van der Waals surface area contributed by atoms with E-state index in [1.807, 2.05) is 36.4 Å². The van der Waals surface area contributed by atoms with Gasteiger partial charge in [-0.15, -0.1) is 0 Å². The van der Waals surface area contributed by atoms with Crippen molar-refractivity contribution < 1.29 is 0 Å². The number of rotatable bonds is 9. The lowest BCUT2D eigenvalue weighted by Gasteiger charge is -2.16. The molecule has 0 aliphatic carbocycles. The van der Waals surface area contributed by atoms with Crippen LogP contribution in [0.25, 0.3) is 33.3 Å². The van der Waals surface area contributed by atoms with Crippen LogP contribution in [0.5, 0.6) is 0 Å². The van der Waals surface area contributed by atoms with Gasteiger partial charge in [0.2, 0.25) is 0 Å². The summed E-state index contributed by atoms with van der Waals surface area (Å²) in [6.07, 6.45) is 11.2. The molecule has 0 spiro atoms. The van der Waals surface area contributed by atoms with Gasteiger partial charge in [-0.3, -0.25) is 9.78 Å². The van der Waals surface area contributed by atoms with Crippen LogP contribution in [0.15, 0.2) is 83.9 Å². The van der Waals surface area contributed by atoms with Crippen molar-refractivity contribution in [2.75, 3.05) is 18.0 Å². The number of hydrogen-bond donors (Lipinski definition) is 1. The fourth-order valence-electron chi connectivity index (χ4n) is 4.56. The van der Waals surface area contributed by atoms with Gasteiger partial charge in [0.15, 0.2) is 0 Å². The number of hydrogen-bond acceptors (Lipinski definition) is 5. The number of fused-ring (bicyclic) bond motifs is 1. The first-order chi connectivity index (χ1) is 17.2. The Labute approximate surface area is 205 Å². The molecule has 3 heterocycles. The molecule has 0 saturated carbocycles. The van der Waals surface area contributed by atoms with Gasteiger partial charge in [-0.1, -0.05) is 49.2 Å². The number of nitrogens with two attached hydrogens (primary N) is 1. The Morgan fingerprint density at radius 3 is 2.54 bits per heavy atom. The minimum absolute atomic E-state index is 0.0679. The fraction of sp³-hybridized carbons (Fsp3) is 0.276. The van der Waals surface area contributed by atoms with Crippen LogP contribution in [0.4, 0.5) is 5.69 Å². The Balaban J connectivity index is 1.52. The summed E-state index contributed by atoms with van der Waals surface area (Å²) in [4.78, 5) is 20.2. The average molecular weight is 466 g/mol. The molecule has 6 heteroatoms. The molecule has 0 amide bonds. The average Bonchev–Trinajstić information content (AvgIpc) is 3.44. The van der Waals surface area contributed by atoms with E-state index in [-0.39, 0.29) is 5.56 Å². The van der Waals surface area contributed by atoms with Crippen LogP contribution in [0.3, 0.4) is 0 Å². The third-order valence-corrected chi connectivity index (χ3v) is 6.53. The molecule has 4 aromatic rings. The highest BCUT2D eigenvalue weighted by Crippen LogP contribution is 2.27. The second-order valence-electron chi connectivity index (χ2n) is 9.00. The number of aromatic nitrogens is 3. The van der Waals surface area contributed by atoms with Gasteiger partial charge in [0, 0.05) is 42.1 Å². The molecule has 35 heavy (non-hydrogen) atoms. The number of unbranched alkanes of at least 4 members (excludes halogenated alkanes) is 3. The van der Waals surface area contributed by atoms with Crippen LogP contribution in [-0.4, -0.2) is 27.9 Å². The van der Waals surface area contributed by atoms with E-state index in [0.717, 1.165) is 72.1 Å². The Morgan fingerprint density at radius 2 is 1.74 bits per heavy atom. The molecule has 5 rings (SSSR count). The minimum Gasteiger partial charge on any atom is -0.348 e. The van der Waals surface area contributed by atoms with E-state index in [2.05, 4.69) is 46.4 Å². The van der Waals surface area contributed by atoms with Crippen LogP contribution in [0.2, 0.25) is 0 Å². The lowest BCUT2D eigenvalue weighted by atomic mass is 10.0. The molecule has 2 aromatic heterocycles. The van der Waals surface area contributed by atoms with E-state index in [1.54, 1.807) is 10.9 Å². The van der Waals surface area contributed by atoms with Crippen molar-refractivity contribution in [2.24, 2.45) is 5.73 Å².